The molecule has 16 heavy (non-hydrogen) atoms. The Morgan fingerprint density at radius 2 is 2.06 bits per heavy atom. The third-order valence-corrected chi connectivity index (χ3v) is 2.24. The quantitative estimate of drug-likeness (QED) is 0.793. The van der Waals surface area contributed by atoms with Crippen LogP contribution in [0.3, 0.4) is 0 Å². The van der Waals surface area contributed by atoms with Crippen molar-refractivity contribution in [2.75, 3.05) is 39.2 Å². The molecule has 0 atom stereocenters. The monoisotopic (exact) mass is 223 g/mol. The number of nitrogens with zero attached hydrogens (tertiary/aromatic N) is 3. The van der Waals surface area contributed by atoms with Crippen LogP contribution in [0.5, 0.6) is 0 Å². The summed E-state index contributed by atoms with van der Waals surface area (Å²) in [5.41, 5.74) is 0.529. The third kappa shape index (κ3) is 2.93. The van der Waals surface area contributed by atoms with E-state index in [0.29, 0.717) is 12.1 Å². The molecule has 0 saturated heterocycles. The van der Waals surface area contributed by atoms with Crippen LogP contribution in [-0.2, 0) is 0 Å². The first-order chi connectivity index (χ1) is 7.56. The number of rotatable bonds is 4. The first kappa shape index (κ1) is 12.4. The lowest BCUT2D eigenvalue weighted by molar-refractivity contribution is 0.0766. The molecule has 5 nitrogen and oxygen atoms in total. The molecule has 1 aromatic rings. The van der Waals surface area contributed by atoms with Crippen LogP contribution in [-0.4, -0.2) is 55.2 Å². The molecule has 0 fully saturated rings. The number of aliphatic hydroxyl groups excluding tert-OH is 1. The molecule has 0 unspecified atom stereocenters. The van der Waals surface area contributed by atoms with Crippen LogP contribution in [0.4, 0.5) is 5.82 Å². The van der Waals surface area contributed by atoms with Gasteiger partial charge in [-0.15, -0.1) is 0 Å². The fourth-order valence-corrected chi connectivity index (χ4v) is 1.25. The molecule has 0 spiro atoms. The van der Waals surface area contributed by atoms with Crippen LogP contribution in [0.15, 0.2) is 18.3 Å². The van der Waals surface area contributed by atoms with Gasteiger partial charge in [-0.1, -0.05) is 0 Å². The number of carbonyl (C=O) groups excluding carboxylic acids is 1. The van der Waals surface area contributed by atoms with Gasteiger partial charge < -0.3 is 14.9 Å². The van der Waals surface area contributed by atoms with Gasteiger partial charge in [-0.05, 0) is 12.1 Å². The van der Waals surface area contributed by atoms with Gasteiger partial charge in [-0.25, -0.2) is 4.98 Å². The number of amides is 1. The normalized spacial score (nSPS) is 10.0. The van der Waals surface area contributed by atoms with E-state index in [0.717, 1.165) is 5.82 Å². The highest BCUT2D eigenvalue weighted by Crippen LogP contribution is 2.09. The minimum Gasteiger partial charge on any atom is -0.395 e. The zero-order chi connectivity index (χ0) is 12.1. The molecule has 0 saturated carbocycles. The second-order valence-corrected chi connectivity index (χ2v) is 3.75. The summed E-state index contributed by atoms with van der Waals surface area (Å²) in [7, 11) is 5.43. The van der Waals surface area contributed by atoms with E-state index >= 15 is 0 Å². The summed E-state index contributed by atoms with van der Waals surface area (Å²) in [5.74, 6) is 0.674. The predicted octanol–water partition coefficient (Wildman–Crippen LogP) is 0.212. The lowest BCUT2D eigenvalue weighted by Gasteiger charge is -2.16. The van der Waals surface area contributed by atoms with E-state index in [1.807, 2.05) is 19.0 Å². The van der Waals surface area contributed by atoms with Gasteiger partial charge in [0.25, 0.3) is 5.91 Å². The number of anilines is 1. The smallest absolute Gasteiger partial charge is 0.255 e. The molecule has 0 aromatic carbocycles. The summed E-state index contributed by atoms with van der Waals surface area (Å²) in [6.07, 6.45) is 1.55. The van der Waals surface area contributed by atoms with Gasteiger partial charge in [-0.3, -0.25) is 4.79 Å². The largest absolute Gasteiger partial charge is 0.395 e. The number of carbonyl (C=O) groups is 1. The third-order valence-electron chi connectivity index (χ3n) is 2.24. The van der Waals surface area contributed by atoms with Gasteiger partial charge in [0.1, 0.15) is 5.82 Å². The molecular formula is C11H17N3O2. The van der Waals surface area contributed by atoms with Crippen molar-refractivity contribution in [3.63, 3.8) is 0 Å². The number of aliphatic hydroxyl groups is 1. The molecular weight excluding hydrogens is 206 g/mol. The van der Waals surface area contributed by atoms with Crippen molar-refractivity contribution in [2.24, 2.45) is 0 Å². The van der Waals surface area contributed by atoms with Gasteiger partial charge in [-0.2, -0.15) is 0 Å². The molecule has 0 aliphatic carbocycles. The van der Waals surface area contributed by atoms with Gasteiger partial charge in [0, 0.05) is 33.9 Å². The van der Waals surface area contributed by atoms with Crippen molar-refractivity contribution in [3.05, 3.63) is 23.9 Å². The number of likely N-dealkylation sites (N-methyl/N-ethyl adjacent to an activating group) is 1. The number of hydrogen-bond acceptors (Lipinski definition) is 4. The maximum atomic E-state index is 11.8. The van der Waals surface area contributed by atoms with Crippen molar-refractivity contribution < 1.29 is 9.90 Å². The highest BCUT2D eigenvalue weighted by Gasteiger charge is 2.11. The second-order valence-electron chi connectivity index (χ2n) is 3.75. The topological polar surface area (TPSA) is 56.7 Å². The second kappa shape index (κ2) is 5.46. The van der Waals surface area contributed by atoms with Crippen LogP contribution in [0.2, 0.25) is 0 Å². The fourth-order valence-electron chi connectivity index (χ4n) is 1.25. The molecule has 1 heterocycles. The Hall–Kier alpha value is -1.62. The van der Waals surface area contributed by atoms with E-state index < -0.39 is 0 Å². The van der Waals surface area contributed by atoms with E-state index in [1.54, 1.807) is 25.4 Å². The molecule has 88 valence electrons. The molecule has 5 heteroatoms. The van der Waals surface area contributed by atoms with Crippen LogP contribution in [0, 0.1) is 0 Å². The molecule has 0 radical (unpaired) electrons. The first-order valence-electron chi connectivity index (χ1n) is 5.06. The lowest BCUT2D eigenvalue weighted by Crippen LogP contribution is -2.29. The van der Waals surface area contributed by atoms with Crippen molar-refractivity contribution in [3.8, 4) is 0 Å². The predicted molar refractivity (Wildman–Crippen MR) is 62.6 cm³/mol. The summed E-state index contributed by atoms with van der Waals surface area (Å²) in [6.45, 7) is 0.291. The van der Waals surface area contributed by atoms with Crippen LogP contribution in [0.25, 0.3) is 0 Å². The Labute approximate surface area is 95.3 Å². The van der Waals surface area contributed by atoms with Crippen LogP contribution < -0.4 is 4.90 Å². The van der Waals surface area contributed by atoms with Crippen molar-refractivity contribution in [1.82, 2.24) is 9.88 Å². The minimum absolute atomic E-state index is 0.0363. The average molecular weight is 223 g/mol. The zero-order valence-electron chi connectivity index (χ0n) is 9.84. The SMILES string of the molecule is CN(CCO)C(=O)c1ccc(N(C)C)nc1. The van der Waals surface area contributed by atoms with E-state index in [2.05, 4.69) is 4.98 Å². The lowest BCUT2D eigenvalue weighted by atomic mass is 10.2. The van der Waals surface area contributed by atoms with Crippen molar-refractivity contribution in [2.45, 2.75) is 0 Å². The highest BCUT2D eigenvalue weighted by molar-refractivity contribution is 5.93. The van der Waals surface area contributed by atoms with E-state index in [4.69, 9.17) is 5.11 Å². The number of aromatic nitrogens is 1. The molecule has 0 aliphatic rings. The molecule has 0 bridgehead atoms. The Morgan fingerprint density at radius 3 is 2.50 bits per heavy atom. The zero-order valence-corrected chi connectivity index (χ0v) is 9.84. The summed E-state index contributed by atoms with van der Waals surface area (Å²) < 4.78 is 0. The Bertz CT molecular complexity index is 349. The molecule has 1 N–H and O–H groups in total. The minimum atomic E-state index is -0.133. The standard InChI is InChI=1S/C11H17N3O2/c1-13(2)10-5-4-9(8-12-10)11(16)14(3)6-7-15/h4-5,8,15H,6-7H2,1-3H3. The Kier molecular flexibility index (Phi) is 4.25. The van der Waals surface area contributed by atoms with Crippen LogP contribution >= 0.6 is 0 Å². The maximum Gasteiger partial charge on any atom is 0.255 e. The Balaban J connectivity index is 2.77. The summed E-state index contributed by atoms with van der Waals surface area (Å²) in [5, 5.41) is 8.73. The summed E-state index contributed by atoms with van der Waals surface area (Å²) in [6, 6.07) is 3.53. The molecule has 1 aromatic heterocycles. The fraction of sp³-hybridized carbons (Fsp3) is 0.455. The average Bonchev–Trinajstić information content (AvgIpc) is 2.28. The molecule has 0 aliphatic heterocycles. The van der Waals surface area contributed by atoms with E-state index in [1.165, 1.54) is 4.90 Å². The van der Waals surface area contributed by atoms with E-state index in [-0.39, 0.29) is 12.5 Å². The molecule has 1 rings (SSSR count). The maximum absolute atomic E-state index is 11.8. The summed E-state index contributed by atoms with van der Waals surface area (Å²) in [4.78, 5) is 19.3. The first-order valence-corrected chi connectivity index (χ1v) is 5.06. The number of hydrogen-bond donors (Lipinski definition) is 1. The van der Waals surface area contributed by atoms with Crippen molar-refractivity contribution in [1.29, 1.82) is 0 Å². The Morgan fingerprint density at radius 1 is 1.38 bits per heavy atom. The van der Waals surface area contributed by atoms with Crippen molar-refractivity contribution >= 4 is 11.7 Å². The highest BCUT2D eigenvalue weighted by atomic mass is 16.3. The van der Waals surface area contributed by atoms with Crippen LogP contribution in [0.1, 0.15) is 10.4 Å². The van der Waals surface area contributed by atoms with Gasteiger partial charge in [0.05, 0.1) is 12.2 Å². The van der Waals surface area contributed by atoms with Gasteiger partial charge in [0.2, 0.25) is 0 Å². The molecule has 1 amide bonds. The summed E-state index contributed by atoms with van der Waals surface area (Å²) >= 11 is 0. The van der Waals surface area contributed by atoms with E-state index in [9.17, 15) is 4.79 Å². The van der Waals surface area contributed by atoms with Gasteiger partial charge in [0.15, 0.2) is 0 Å². The van der Waals surface area contributed by atoms with Gasteiger partial charge >= 0.3 is 0 Å². The number of pyridine rings is 1.